The summed E-state index contributed by atoms with van der Waals surface area (Å²) in [4.78, 5) is 15.8. The molecule has 92 valence electrons. The third kappa shape index (κ3) is 2.93. The standard InChI is InChI=1S/C14H14N2O2/c17-10-13(11-5-2-1-3-6-11)16-14(18)12-7-4-8-15-9-12/h1-9,13,17H,10H2,(H,16,18)/t13-/m1/s1. The van der Waals surface area contributed by atoms with Crippen LogP contribution in [0.25, 0.3) is 0 Å². The maximum absolute atomic E-state index is 11.9. The number of nitrogens with one attached hydrogen (secondary N) is 1. The molecule has 0 saturated carbocycles. The lowest BCUT2D eigenvalue weighted by Gasteiger charge is -2.16. The highest BCUT2D eigenvalue weighted by Crippen LogP contribution is 2.12. The normalized spacial score (nSPS) is 11.8. The topological polar surface area (TPSA) is 62.2 Å². The molecule has 0 spiro atoms. The lowest BCUT2D eigenvalue weighted by molar-refractivity contribution is 0.0916. The first-order chi connectivity index (χ1) is 8.81. The van der Waals surface area contributed by atoms with Gasteiger partial charge >= 0.3 is 0 Å². The van der Waals surface area contributed by atoms with Gasteiger partial charge in [-0.15, -0.1) is 0 Å². The number of hydrogen-bond donors (Lipinski definition) is 2. The van der Waals surface area contributed by atoms with Crippen LogP contribution in [0.4, 0.5) is 0 Å². The summed E-state index contributed by atoms with van der Waals surface area (Å²) in [5, 5.41) is 12.1. The number of hydrogen-bond acceptors (Lipinski definition) is 3. The fourth-order valence-electron chi connectivity index (χ4n) is 1.66. The summed E-state index contributed by atoms with van der Waals surface area (Å²) in [6, 6.07) is 12.3. The second-order valence-corrected chi connectivity index (χ2v) is 3.86. The van der Waals surface area contributed by atoms with Gasteiger partial charge in [0.2, 0.25) is 0 Å². The fourth-order valence-corrected chi connectivity index (χ4v) is 1.66. The van der Waals surface area contributed by atoms with Gasteiger partial charge in [-0.3, -0.25) is 9.78 Å². The van der Waals surface area contributed by atoms with Crippen LogP contribution in [-0.4, -0.2) is 22.6 Å². The molecule has 1 aromatic carbocycles. The van der Waals surface area contributed by atoms with Crippen LogP contribution in [-0.2, 0) is 0 Å². The number of benzene rings is 1. The Morgan fingerprint density at radius 1 is 1.22 bits per heavy atom. The molecule has 4 nitrogen and oxygen atoms in total. The summed E-state index contributed by atoms with van der Waals surface area (Å²) >= 11 is 0. The molecular weight excluding hydrogens is 228 g/mol. The van der Waals surface area contributed by atoms with Gasteiger partial charge < -0.3 is 10.4 Å². The van der Waals surface area contributed by atoms with Gasteiger partial charge in [-0.2, -0.15) is 0 Å². The first-order valence-corrected chi connectivity index (χ1v) is 5.68. The van der Waals surface area contributed by atoms with E-state index < -0.39 is 6.04 Å². The Labute approximate surface area is 105 Å². The highest BCUT2D eigenvalue weighted by Gasteiger charge is 2.14. The highest BCUT2D eigenvalue weighted by atomic mass is 16.3. The van der Waals surface area contributed by atoms with E-state index in [-0.39, 0.29) is 12.5 Å². The fraction of sp³-hybridized carbons (Fsp3) is 0.143. The summed E-state index contributed by atoms with van der Waals surface area (Å²) < 4.78 is 0. The van der Waals surface area contributed by atoms with Crippen LogP contribution in [0, 0.1) is 0 Å². The molecule has 0 aliphatic rings. The molecule has 0 unspecified atom stereocenters. The third-order valence-electron chi connectivity index (χ3n) is 2.61. The number of carbonyl (C=O) groups is 1. The van der Waals surface area contributed by atoms with Crippen LogP contribution in [0.2, 0.25) is 0 Å². The molecule has 0 bridgehead atoms. The number of aromatic nitrogens is 1. The average Bonchev–Trinajstić information content (AvgIpc) is 2.46. The summed E-state index contributed by atoms with van der Waals surface area (Å²) in [7, 11) is 0. The summed E-state index contributed by atoms with van der Waals surface area (Å²) in [6.07, 6.45) is 3.10. The van der Waals surface area contributed by atoms with Crippen LogP contribution in [0.15, 0.2) is 54.9 Å². The van der Waals surface area contributed by atoms with Gasteiger partial charge in [0.1, 0.15) is 0 Å². The van der Waals surface area contributed by atoms with E-state index in [4.69, 9.17) is 0 Å². The Kier molecular flexibility index (Phi) is 4.04. The van der Waals surface area contributed by atoms with Crippen LogP contribution >= 0.6 is 0 Å². The van der Waals surface area contributed by atoms with Crippen molar-refractivity contribution in [3.05, 3.63) is 66.0 Å². The van der Waals surface area contributed by atoms with E-state index in [0.29, 0.717) is 5.56 Å². The third-order valence-corrected chi connectivity index (χ3v) is 2.61. The molecule has 1 aromatic heterocycles. The van der Waals surface area contributed by atoms with E-state index in [1.165, 1.54) is 6.20 Å². The number of amides is 1. The number of nitrogens with zero attached hydrogens (tertiary/aromatic N) is 1. The Morgan fingerprint density at radius 3 is 2.61 bits per heavy atom. The first-order valence-electron chi connectivity index (χ1n) is 5.68. The molecule has 0 radical (unpaired) electrons. The van der Waals surface area contributed by atoms with Crippen LogP contribution in [0.3, 0.4) is 0 Å². The molecule has 2 N–H and O–H groups in total. The molecule has 2 aromatic rings. The molecular formula is C14H14N2O2. The van der Waals surface area contributed by atoms with E-state index in [9.17, 15) is 9.90 Å². The summed E-state index contributed by atoms with van der Waals surface area (Å²) in [5.74, 6) is -0.244. The van der Waals surface area contributed by atoms with Crippen molar-refractivity contribution in [3.63, 3.8) is 0 Å². The zero-order valence-corrected chi connectivity index (χ0v) is 9.78. The lowest BCUT2D eigenvalue weighted by Crippen LogP contribution is -2.30. The minimum absolute atomic E-state index is 0.143. The zero-order chi connectivity index (χ0) is 12.8. The second-order valence-electron chi connectivity index (χ2n) is 3.86. The van der Waals surface area contributed by atoms with Crippen LogP contribution < -0.4 is 5.32 Å². The Hall–Kier alpha value is -2.20. The molecule has 2 rings (SSSR count). The maximum Gasteiger partial charge on any atom is 0.253 e. The van der Waals surface area contributed by atoms with Gasteiger partial charge in [0, 0.05) is 12.4 Å². The largest absolute Gasteiger partial charge is 0.394 e. The molecule has 0 saturated heterocycles. The van der Waals surface area contributed by atoms with E-state index in [1.54, 1.807) is 18.3 Å². The van der Waals surface area contributed by atoms with E-state index in [0.717, 1.165) is 5.56 Å². The zero-order valence-electron chi connectivity index (χ0n) is 9.78. The van der Waals surface area contributed by atoms with Gasteiger partial charge in [0.05, 0.1) is 18.2 Å². The Morgan fingerprint density at radius 2 is 2.00 bits per heavy atom. The molecule has 0 aliphatic heterocycles. The molecule has 1 heterocycles. The minimum atomic E-state index is -0.404. The summed E-state index contributed by atoms with van der Waals surface area (Å²) in [5.41, 5.74) is 1.35. The van der Waals surface area contributed by atoms with E-state index >= 15 is 0 Å². The number of aliphatic hydroxyl groups is 1. The molecule has 18 heavy (non-hydrogen) atoms. The second kappa shape index (κ2) is 5.93. The molecule has 1 amide bonds. The van der Waals surface area contributed by atoms with Crippen molar-refractivity contribution in [2.45, 2.75) is 6.04 Å². The minimum Gasteiger partial charge on any atom is -0.394 e. The predicted molar refractivity (Wildman–Crippen MR) is 68.0 cm³/mol. The van der Waals surface area contributed by atoms with Gasteiger partial charge in [-0.1, -0.05) is 30.3 Å². The SMILES string of the molecule is O=C(N[C@H](CO)c1ccccc1)c1cccnc1. The highest BCUT2D eigenvalue weighted by molar-refractivity contribution is 5.94. The number of carbonyl (C=O) groups excluding carboxylic acids is 1. The Balaban J connectivity index is 2.10. The molecule has 4 heteroatoms. The van der Waals surface area contributed by atoms with Gasteiger partial charge in [0.25, 0.3) is 5.91 Å². The first kappa shape index (κ1) is 12.3. The molecule has 1 atom stereocenters. The number of rotatable bonds is 4. The van der Waals surface area contributed by atoms with Crippen LogP contribution in [0.1, 0.15) is 22.0 Å². The lowest BCUT2D eigenvalue weighted by atomic mass is 10.1. The van der Waals surface area contributed by atoms with Crippen molar-refractivity contribution >= 4 is 5.91 Å². The van der Waals surface area contributed by atoms with Crippen molar-refractivity contribution in [1.82, 2.24) is 10.3 Å². The maximum atomic E-state index is 11.9. The van der Waals surface area contributed by atoms with Crippen molar-refractivity contribution in [3.8, 4) is 0 Å². The monoisotopic (exact) mass is 242 g/mol. The van der Waals surface area contributed by atoms with Gasteiger partial charge in [-0.05, 0) is 17.7 Å². The smallest absolute Gasteiger partial charge is 0.253 e. The summed E-state index contributed by atoms with van der Waals surface area (Å²) in [6.45, 7) is -0.143. The van der Waals surface area contributed by atoms with Gasteiger partial charge in [0.15, 0.2) is 0 Å². The average molecular weight is 242 g/mol. The molecule has 0 fully saturated rings. The van der Waals surface area contributed by atoms with E-state index in [1.807, 2.05) is 30.3 Å². The van der Waals surface area contributed by atoms with Crippen molar-refractivity contribution in [2.24, 2.45) is 0 Å². The predicted octanol–water partition coefficient (Wildman–Crippen LogP) is 1.55. The van der Waals surface area contributed by atoms with Gasteiger partial charge in [-0.25, -0.2) is 0 Å². The van der Waals surface area contributed by atoms with Crippen molar-refractivity contribution < 1.29 is 9.90 Å². The quantitative estimate of drug-likeness (QED) is 0.855. The van der Waals surface area contributed by atoms with E-state index in [2.05, 4.69) is 10.3 Å². The molecule has 0 aliphatic carbocycles. The van der Waals surface area contributed by atoms with Crippen LogP contribution in [0.5, 0.6) is 0 Å². The van der Waals surface area contributed by atoms with Crippen molar-refractivity contribution in [1.29, 1.82) is 0 Å². The number of aliphatic hydroxyl groups excluding tert-OH is 1. The number of pyridine rings is 1. The van der Waals surface area contributed by atoms with Crippen molar-refractivity contribution in [2.75, 3.05) is 6.61 Å². The Bertz CT molecular complexity index is 500.